The van der Waals surface area contributed by atoms with E-state index in [0.717, 1.165) is 36.1 Å². The van der Waals surface area contributed by atoms with E-state index in [1.54, 1.807) is 17.4 Å². The van der Waals surface area contributed by atoms with E-state index in [-0.39, 0.29) is 17.9 Å². The van der Waals surface area contributed by atoms with Crippen LogP contribution in [0.3, 0.4) is 0 Å². The van der Waals surface area contributed by atoms with Crippen LogP contribution in [0.25, 0.3) is 10.2 Å². The number of furan rings is 1. The van der Waals surface area contributed by atoms with Crippen molar-refractivity contribution in [2.75, 3.05) is 0 Å². The number of rotatable bonds is 3. The van der Waals surface area contributed by atoms with Gasteiger partial charge in [0.25, 0.3) is 5.56 Å². The number of aromatic amines is 1. The minimum Gasteiger partial charge on any atom is -0.457 e. The van der Waals surface area contributed by atoms with Crippen molar-refractivity contribution in [3.63, 3.8) is 0 Å². The lowest BCUT2D eigenvalue weighted by atomic mass is 9.97. The van der Waals surface area contributed by atoms with Crippen molar-refractivity contribution >= 4 is 27.5 Å². The molecular formula is C16H14N2O4S. The van der Waals surface area contributed by atoms with Crippen LogP contribution in [0.5, 0.6) is 0 Å². The van der Waals surface area contributed by atoms with Gasteiger partial charge in [0, 0.05) is 4.88 Å². The first-order chi connectivity index (χ1) is 11.2. The molecule has 0 fully saturated rings. The lowest BCUT2D eigenvalue weighted by molar-refractivity contribution is 0.0426. The number of nitrogens with zero attached hydrogens (tertiary/aromatic N) is 1. The molecule has 0 amide bonds. The summed E-state index contributed by atoms with van der Waals surface area (Å²) >= 11 is 1.57. The van der Waals surface area contributed by atoms with E-state index >= 15 is 0 Å². The molecular weight excluding hydrogens is 316 g/mol. The van der Waals surface area contributed by atoms with Crippen molar-refractivity contribution in [1.29, 1.82) is 0 Å². The average Bonchev–Trinajstić information content (AvgIpc) is 3.19. The Labute approximate surface area is 135 Å². The summed E-state index contributed by atoms with van der Waals surface area (Å²) in [6.07, 6.45) is 5.62. The Kier molecular flexibility index (Phi) is 3.49. The fourth-order valence-electron chi connectivity index (χ4n) is 2.88. The second-order valence-corrected chi connectivity index (χ2v) is 6.54. The molecule has 3 heterocycles. The first kappa shape index (κ1) is 14.2. The summed E-state index contributed by atoms with van der Waals surface area (Å²) in [5.74, 6) is -0.107. The maximum atomic E-state index is 12.4. The third-order valence-electron chi connectivity index (χ3n) is 3.94. The Bertz CT molecular complexity index is 924. The molecule has 1 aliphatic rings. The molecule has 3 aromatic rings. The van der Waals surface area contributed by atoms with Crippen molar-refractivity contribution in [3.8, 4) is 0 Å². The maximum Gasteiger partial charge on any atom is 0.374 e. The average molecular weight is 330 g/mol. The summed E-state index contributed by atoms with van der Waals surface area (Å²) in [6.45, 7) is -0.0900. The molecule has 0 unspecified atom stereocenters. The Morgan fingerprint density at radius 1 is 1.39 bits per heavy atom. The topological polar surface area (TPSA) is 85.2 Å². The highest BCUT2D eigenvalue weighted by Gasteiger charge is 2.20. The molecule has 0 atom stereocenters. The van der Waals surface area contributed by atoms with Crippen LogP contribution < -0.4 is 5.56 Å². The van der Waals surface area contributed by atoms with Crippen molar-refractivity contribution in [3.05, 3.63) is 50.8 Å². The Morgan fingerprint density at radius 2 is 2.26 bits per heavy atom. The summed E-state index contributed by atoms with van der Waals surface area (Å²) in [5.41, 5.74) is 0.988. The van der Waals surface area contributed by atoms with E-state index in [1.807, 2.05) is 0 Å². The molecule has 0 saturated heterocycles. The van der Waals surface area contributed by atoms with Crippen molar-refractivity contribution in [2.45, 2.75) is 32.3 Å². The zero-order valence-corrected chi connectivity index (χ0v) is 13.1. The number of hydrogen-bond acceptors (Lipinski definition) is 6. The summed E-state index contributed by atoms with van der Waals surface area (Å²) in [7, 11) is 0. The van der Waals surface area contributed by atoms with E-state index in [0.29, 0.717) is 11.2 Å². The number of carbonyl (C=O) groups is 1. The molecule has 1 aliphatic carbocycles. The van der Waals surface area contributed by atoms with Gasteiger partial charge in [0.1, 0.15) is 17.3 Å². The molecule has 0 aromatic carbocycles. The van der Waals surface area contributed by atoms with Gasteiger partial charge in [0.05, 0.1) is 11.6 Å². The van der Waals surface area contributed by atoms with Crippen LogP contribution in [0.2, 0.25) is 0 Å². The van der Waals surface area contributed by atoms with Gasteiger partial charge in [-0.2, -0.15) is 0 Å². The molecule has 3 aromatic heterocycles. The zero-order valence-electron chi connectivity index (χ0n) is 12.3. The molecule has 23 heavy (non-hydrogen) atoms. The van der Waals surface area contributed by atoms with Gasteiger partial charge in [-0.05, 0) is 43.4 Å². The number of H-pyrrole nitrogens is 1. The molecule has 0 bridgehead atoms. The minimum absolute atomic E-state index is 0.0900. The van der Waals surface area contributed by atoms with E-state index in [4.69, 9.17) is 9.15 Å². The second kappa shape index (κ2) is 5.66. The predicted octanol–water partition coefficient (Wildman–Crippen LogP) is 2.81. The lowest BCUT2D eigenvalue weighted by Crippen LogP contribution is -2.15. The molecule has 0 saturated carbocycles. The summed E-state index contributed by atoms with van der Waals surface area (Å²) in [4.78, 5) is 33.3. The van der Waals surface area contributed by atoms with Gasteiger partial charge in [0.15, 0.2) is 0 Å². The van der Waals surface area contributed by atoms with E-state index in [1.165, 1.54) is 17.2 Å². The van der Waals surface area contributed by atoms with Gasteiger partial charge in [0.2, 0.25) is 5.76 Å². The van der Waals surface area contributed by atoms with Gasteiger partial charge in [-0.1, -0.05) is 0 Å². The van der Waals surface area contributed by atoms with Gasteiger partial charge >= 0.3 is 5.97 Å². The van der Waals surface area contributed by atoms with Crippen LogP contribution in [0.15, 0.2) is 27.6 Å². The first-order valence-corrected chi connectivity index (χ1v) is 8.28. The largest absolute Gasteiger partial charge is 0.457 e. The number of aromatic nitrogens is 2. The predicted molar refractivity (Wildman–Crippen MR) is 84.7 cm³/mol. The molecule has 6 nitrogen and oxygen atoms in total. The highest BCUT2D eigenvalue weighted by molar-refractivity contribution is 7.18. The van der Waals surface area contributed by atoms with Crippen LogP contribution >= 0.6 is 11.3 Å². The minimum atomic E-state index is -0.580. The van der Waals surface area contributed by atoms with E-state index < -0.39 is 5.97 Å². The number of fused-ring (bicyclic) bond motifs is 3. The number of carbonyl (C=O) groups excluding carboxylic acids is 1. The third-order valence-corrected chi connectivity index (χ3v) is 5.12. The Hall–Kier alpha value is -2.41. The highest BCUT2D eigenvalue weighted by atomic mass is 32.1. The molecule has 0 radical (unpaired) electrons. The summed E-state index contributed by atoms with van der Waals surface area (Å²) in [5, 5.41) is 0.700. The summed E-state index contributed by atoms with van der Waals surface area (Å²) in [6, 6.07) is 3.13. The molecule has 118 valence electrons. The SMILES string of the molecule is O=C(OCc1nc2sc3c(c2c(=O)[nH]1)CCCC3)c1ccco1. The van der Waals surface area contributed by atoms with Crippen molar-refractivity contribution < 1.29 is 13.9 Å². The first-order valence-electron chi connectivity index (χ1n) is 7.46. The second-order valence-electron chi connectivity index (χ2n) is 5.46. The van der Waals surface area contributed by atoms with Crippen LogP contribution in [0.1, 0.15) is 39.7 Å². The number of esters is 1. The van der Waals surface area contributed by atoms with Crippen LogP contribution in [0.4, 0.5) is 0 Å². The van der Waals surface area contributed by atoms with Gasteiger partial charge in [-0.25, -0.2) is 9.78 Å². The fraction of sp³-hybridized carbons (Fsp3) is 0.312. The molecule has 0 spiro atoms. The smallest absolute Gasteiger partial charge is 0.374 e. The fourth-order valence-corrected chi connectivity index (χ4v) is 4.16. The standard InChI is InChI=1S/C16H14N2O4S/c19-14-13-9-4-1-2-6-11(9)23-15(13)18-12(17-14)8-22-16(20)10-5-3-7-21-10/h3,5,7H,1-2,4,6,8H2,(H,17,18,19). The normalized spacial score (nSPS) is 13.9. The van der Waals surface area contributed by atoms with Crippen molar-refractivity contribution in [2.24, 2.45) is 0 Å². The lowest BCUT2D eigenvalue weighted by Gasteiger charge is -2.09. The Balaban J connectivity index is 1.61. The molecule has 0 aliphatic heterocycles. The van der Waals surface area contributed by atoms with E-state index in [2.05, 4.69) is 9.97 Å². The zero-order chi connectivity index (χ0) is 15.8. The number of thiophene rings is 1. The molecule has 1 N–H and O–H groups in total. The van der Waals surface area contributed by atoms with Crippen LogP contribution in [-0.4, -0.2) is 15.9 Å². The monoisotopic (exact) mass is 330 g/mol. The van der Waals surface area contributed by atoms with E-state index in [9.17, 15) is 9.59 Å². The number of aryl methyl sites for hydroxylation is 2. The summed E-state index contributed by atoms with van der Waals surface area (Å²) < 4.78 is 10.1. The number of nitrogens with one attached hydrogen (secondary N) is 1. The van der Waals surface area contributed by atoms with Gasteiger partial charge in [-0.15, -0.1) is 11.3 Å². The maximum absolute atomic E-state index is 12.4. The quantitative estimate of drug-likeness (QED) is 0.746. The molecule has 7 heteroatoms. The van der Waals surface area contributed by atoms with Crippen LogP contribution in [-0.2, 0) is 24.2 Å². The van der Waals surface area contributed by atoms with Gasteiger partial charge < -0.3 is 14.1 Å². The number of hydrogen-bond donors (Lipinski definition) is 1. The third kappa shape index (κ3) is 2.57. The Morgan fingerprint density at radius 3 is 3.09 bits per heavy atom. The number of ether oxygens (including phenoxy) is 1. The highest BCUT2D eigenvalue weighted by Crippen LogP contribution is 2.33. The van der Waals surface area contributed by atoms with Crippen LogP contribution in [0, 0.1) is 0 Å². The van der Waals surface area contributed by atoms with Gasteiger partial charge in [-0.3, -0.25) is 4.79 Å². The van der Waals surface area contributed by atoms with Crippen molar-refractivity contribution in [1.82, 2.24) is 9.97 Å². The molecule has 4 rings (SSSR count).